The van der Waals surface area contributed by atoms with Gasteiger partial charge in [-0.2, -0.15) is 0 Å². The van der Waals surface area contributed by atoms with Crippen LogP contribution < -0.4 is 0 Å². The van der Waals surface area contributed by atoms with Gasteiger partial charge in [-0.05, 0) is 29.6 Å². The van der Waals surface area contributed by atoms with Gasteiger partial charge in [0.15, 0.2) is 0 Å². The highest BCUT2D eigenvalue weighted by molar-refractivity contribution is 4.73. The fourth-order valence-electron chi connectivity index (χ4n) is 1.55. The van der Waals surface area contributed by atoms with E-state index in [9.17, 15) is 0 Å². The zero-order valence-electron chi connectivity index (χ0n) is 10.6. The minimum atomic E-state index is 0.474. The topological polar surface area (TPSA) is 0 Å². The second kappa shape index (κ2) is 5.02. The van der Waals surface area contributed by atoms with E-state index in [0.717, 1.165) is 17.8 Å². The van der Waals surface area contributed by atoms with Crippen molar-refractivity contribution < 1.29 is 0 Å². The molecule has 0 aliphatic rings. The Hall–Kier alpha value is 0. The first-order valence-electron chi connectivity index (χ1n) is 5.79. The Morgan fingerprint density at radius 3 is 1.69 bits per heavy atom. The van der Waals surface area contributed by atoms with Gasteiger partial charge >= 0.3 is 0 Å². The molecule has 0 spiro atoms. The van der Waals surface area contributed by atoms with E-state index in [2.05, 4.69) is 48.5 Å². The maximum atomic E-state index is 2.40. The number of rotatable bonds is 4. The molecule has 0 saturated carbocycles. The summed E-state index contributed by atoms with van der Waals surface area (Å²) in [5, 5.41) is 0. The molecule has 0 heteroatoms. The van der Waals surface area contributed by atoms with Gasteiger partial charge in [-0.15, -0.1) is 0 Å². The van der Waals surface area contributed by atoms with Gasteiger partial charge in [-0.1, -0.05) is 54.9 Å². The van der Waals surface area contributed by atoms with Crippen molar-refractivity contribution >= 4 is 0 Å². The summed E-state index contributed by atoms with van der Waals surface area (Å²) in [6.07, 6.45) is 2.69. The smallest absolute Gasteiger partial charge is 0.0357 e. The Morgan fingerprint density at radius 2 is 1.38 bits per heavy atom. The van der Waals surface area contributed by atoms with Gasteiger partial charge in [0.25, 0.3) is 0 Å². The summed E-state index contributed by atoms with van der Waals surface area (Å²) in [7, 11) is 0. The van der Waals surface area contributed by atoms with Gasteiger partial charge in [0.05, 0.1) is 0 Å². The lowest BCUT2D eigenvalue weighted by Crippen LogP contribution is -2.21. The van der Waals surface area contributed by atoms with Crippen molar-refractivity contribution in [1.29, 1.82) is 0 Å². The lowest BCUT2D eigenvalue weighted by molar-refractivity contribution is 0.193. The third kappa shape index (κ3) is 4.69. The zero-order chi connectivity index (χ0) is 10.6. The molecule has 0 aliphatic carbocycles. The van der Waals surface area contributed by atoms with Crippen molar-refractivity contribution in [1.82, 2.24) is 0 Å². The molecule has 0 heterocycles. The van der Waals surface area contributed by atoms with Gasteiger partial charge in [-0.25, -0.2) is 0 Å². The fourth-order valence-corrected chi connectivity index (χ4v) is 1.55. The molecule has 0 aromatic heterocycles. The van der Waals surface area contributed by atoms with Crippen LogP contribution in [-0.2, 0) is 0 Å². The summed E-state index contributed by atoms with van der Waals surface area (Å²) >= 11 is 0. The molecule has 3 unspecified atom stereocenters. The summed E-state index contributed by atoms with van der Waals surface area (Å²) in [6, 6.07) is 0. The minimum Gasteiger partial charge on any atom is -0.0651 e. The van der Waals surface area contributed by atoms with Gasteiger partial charge < -0.3 is 0 Å². The van der Waals surface area contributed by atoms with E-state index < -0.39 is 0 Å². The molecule has 0 rings (SSSR count). The fraction of sp³-hybridized carbons (Fsp3) is 1.00. The standard InChI is InChI=1S/C13H28/c1-8-10(2)11(3)9-12(4)13(5,6)7/h10-12H,8-9H2,1-7H3. The summed E-state index contributed by atoms with van der Waals surface area (Å²) in [6.45, 7) is 16.5. The van der Waals surface area contributed by atoms with Crippen LogP contribution in [0.4, 0.5) is 0 Å². The molecule has 0 nitrogen and oxygen atoms in total. The Bertz CT molecular complexity index is 129. The highest BCUT2D eigenvalue weighted by Crippen LogP contribution is 2.33. The van der Waals surface area contributed by atoms with E-state index in [1.165, 1.54) is 12.8 Å². The SMILES string of the molecule is CCC(C)C(C)CC(C)C(C)(C)C. The van der Waals surface area contributed by atoms with E-state index >= 15 is 0 Å². The van der Waals surface area contributed by atoms with Crippen LogP contribution >= 0.6 is 0 Å². The van der Waals surface area contributed by atoms with Crippen LogP contribution in [-0.4, -0.2) is 0 Å². The molecule has 0 aromatic rings. The maximum Gasteiger partial charge on any atom is -0.0357 e. The van der Waals surface area contributed by atoms with Crippen LogP contribution in [0.5, 0.6) is 0 Å². The molecule has 0 radical (unpaired) electrons. The van der Waals surface area contributed by atoms with Crippen LogP contribution in [0.3, 0.4) is 0 Å². The second-order valence-corrected chi connectivity index (χ2v) is 5.87. The maximum absolute atomic E-state index is 2.40. The summed E-state index contributed by atoms with van der Waals surface area (Å²) in [5.41, 5.74) is 0.474. The van der Waals surface area contributed by atoms with Crippen molar-refractivity contribution in [3.63, 3.8) is 0 Å². The monoisotopic (exact) mass is 184 g/mol. The molecule has 3 atom stereocenters. The van der Waals surface area contributed by atoms with E-state index in [0.29, 0.717) is 5.41 Å². The van der Waals surface area contributed by atoms with Crippen molar-refractivity contribution in [2.24, 2.45) is 23.2 Å². The molecule has 13 heavy (non-hydrogen) atoms. The molecule has 0 aliphatic heterocycles. The average molecular weight is 184 g/mol. The lowest BCUT2D eigenvalue weighted by Gasteiger charge is -2.31. The summed E-state index contributed by atoms with van der Waals surface area (Å²) in [5.74, 6) is 2.58. The van der Waals surface area contributed by atoms with E-state index in [-0.39, 0.29) is 0 Å². The molecule has 0 fully saturated rings. The van der Waals surface area contributed by atoms with Crippen molar-refractivity contribution in [2.45, 2.75) is 61.3 Å². The third-order valence-electron chi connectivity index (χ3n) is 3.82. The molecule has 0 N–H and O–H groups in total. The van der Waals surface area contributed by atoms with E-state index in [1.54, 1.807) is 0 Å². The Kier molecular flexibility index (Phi) is 5.02. The Balaban J connectivity index is 3.98. The van der Waals surface area contributed by atoms with Crippen LogP contribution in [0.1, 0.15) is 61.3 Å². The summed E-state index contributed by atoms with van der Waals surface area (Å²) in [4.78, 5) is 0. The van der Waals surface area contributed by atoms with Gasteiger partial charge in [0, 0.05) is 0 Å². The van der Waals surface area contributed by atoms with Crippen molar-refractivity contribution in [3.05, 3.63) is 0 Å². The molecule has 0 bridgehead atoms. The normalized spacial score (nSPS) is 19.6. The highest BCUT2D eigenvalue weighted by Gasteiger charge is 2.23. The van der Waals surface area contributed by atoms with Crippen molar-refractivity contribution in [3.8, 4) is 0 Å². The third-order valence-corrected chi connectivity index (χ3v) is 3.82. The van der Waals surface area contributed by atoms with Gasteiger partial charge in [-0.3, -0.25) is 0 Å². The minimum absolute atomic E-state index is 0.474. The predicted octanol–water partition coefficient (Wildman–Crippen LogP) is 4.74. The van der Waals surface area contributed by atoms with E-state index in [1.807, 2.05) is 0 Å². The zero-order valence-corrected chi connectivity index (χ0v) is 10.6. The van der Waals surface area contributed by atoms with Gasteiger partial charge in [0.2, 0.25) is 0 Å². The number of hydrogen-bond donors (Lipinski definition) is 0. The largest absolute Gasteiger partial charge is 0.0651 e. The molecule has 0 amide bonds. The van der Waals surface area contributed by atoms with Crippen LogP contribution in [0, 0.1) is 23.2 Å². The Labute approximate surface area is 85.1 Å². The first kappa shape index (κ1) is 13.0. The van der Waals surface area contributed by atoms with Crippen molar-refractivity contribution in [2.75, 3.05) is 0 Å². The van der Waals surface area contributed by atoms with Crippen LogP contribution in [0.25, 0.3) is 0 Å². The number of hydrogen-bond acceptors (Lipinski definition) is 0. The van der Waals surface area contributed by atoms with Gasteiger partial charge in [0.1, 0.15) is 0 Å². The summed E-state index contributed by atoms with van der Waals surface area (Å²) < 4.78 is 0. The lowest BCUT2D eigenvalue weighted by atomic mass is 9.75. The Morgan fingerprint density at radius 1 is 0.923 bits per heavy atom. The van der Waals surface area contributed by atoms with Crippen LogP contribution in [0.15, 0.2) is 0 Å². The molecule has 0 aromatic carbocycles. The molecular weight excluding hydrogens is 156 g/mol. The molecular formula is C13H28. The van der Waals surface area contributed by atoms with E-state index in [4.69, 9.17) is 0 Å². The quantitative estimate of drug-likeness (QED) is 0.592. The average Bonchev–Trinajstić information content (AvgIpc) is 2.01. The molecule has 0 saturated heterocycles. The van der Waals surface area contributed by atoms with Crippen LogP contribution in [0.2, 0.25) is 0 Å². The second-order valence-electron chi connectivity index (χ2n) is 5.87. The predicted molar refractivity (Wildman–Crippen MR) is 61.9 cm³/mol. The first-order valence-corrected chi connectivity index (χ1v) is 5.79. The highest BCUT2D eigenvalue weighted by atomic mass is 14.3. The first-order chi connectivity index (χ1) is 5.79. The molecule has 80 valence electrons.